The van der Waals surface area contributed by atoms with Crippen LogP contribution in [0, 0.1) is 11.3 Å². The molecule has 4 nitrogen and oxygen atoms in total. The van der Waals surface area contributed by atoms with Crippen LogP contribution in [0.4, 0.5) is 0 Å². The maximum atomic E-state index is 13.2. The van der Waals surface area contributed by atoms with Crippen LogP contribution in [0.3, 0.4) is 0 Å². The van der Waals surface area contributed by atoms with Gasteiger partial charge in [-0.05, 0) is 44.6 Å². The van der Waals surface area contributed by atoms with Gasteiger partial charge in [0.2, 0.25) is 0 Å². The van der Waals surface area contributed by atoms with Gasteiger partial charge < -0.3 is 0 Å². The predicted octanol–water partition coefficient (Wildman–Crippen LogP) is 4.31. The van der Waals surface area contributed by atoms with Gasteiger partial charge in [-0.1, -0.05) is 25.1 Å². The maximum Gasteiger partial charge on any atom is 0.263 e. The van der Waals surface area contributed by atoms with Crippen LogP contribution in [-0.2, 0) is 12.8 Å². The Morgan fingerprint density at radius 3 is 2.91 bits per heavy atom. The van der Waals surface area contributed by atoms with E-state index < -0.39 is 0 Å². The van der Waals surface area contributed by atoms with E-state index in [1.165, 1.54) is 35.0 Å². The summed E-state index contributed by atoms with van der Waals surface area (Å²) in [5.41, 5.74) is 1.33. The minimum atomic E-state index is 0.0872. The first-order valence-electron chi connectivity index (χ1n) is 8.23. The molecule has 2 aromatic rings. The number of aromatic nitrogens is 2. The smallest absolute Gasteiger partial charge is 0.263 e. The highest BCUT2D eigenvalue weighted by atomic mass is 32.2. The number of rotatable bonds is 4. The lowest BCUT2D eigenvalue weighted by molar-refractivity contribution is 0.468. The number of aryl methyl sites for hydroxylation is 2. The summed E-state index contributed by atoms with van der Waals surface area (Å²) in [7, 11) is 0. The molecule has 0 fully saturated rings. The third kappa shape index (κ3) is 3.05. The highest BCUT2D eigenvalue weighted by Crippen LogP contribution is 2.34. The Morgan fingerprint density at radius 1 is 1.39 bits per heavy atom. The number of nitriles is 1. The summed E-state index contributed by atoms with van der Waals surface area (Å²) >= 11 is 3.05. The third-order valence-electron chi connectivity index (χ3n) is 4.54. The highest BCUT2D eigenvalue weighted by molar-refractivity contribution is 7.99. The lowest BCUT2D eigenvalue weighted by Gasteiger charge is -2.17. The lowest BCUT2D eigenvalue weighted by atomic mass is 10.1. The molecule has 1 unspecified atom stereocenters. The van der Waals surface area contributed by atoms with Gasteiger partial charge in [-0.15, -0.1) is 11.3 Å². The quantitative estimate of drug-likeness (QED) is 0.470. The molecule has 0 saturated carbocycles. The monoisotopic (exact) mass is 347 g/mol. The topological polar surface area (TPSA) is 58.7 Å². The van der Waals surface area contributed by atoms with Crippen LogP contribution in [-0.4, -0.2) is 15.3 Å². The van der Waals surface area contributed by atoms with Crippen molar-refractivity contribution in [3.8, 4) is 6.07 Å². The van der Waals surface area contributed by atoms with Crippen LogP contribution in [0.1, 0.15) is 56.0 Å². The van der Waals surface area contributed by atoms with E-state index >= 15 is 0 Å². The van der Waals surface area contributed by atoms with Crippen molar-refractivity contribution in [3.63, 3.8) is 0 Å². The second-order valence-electron chi connectivity index (χ2n) is 6.02. The van der Waals surface area contributed by atoms with Gasteiger partial charge in [0, 0.05) is 10.9 Å². The van der Waals surface area contributed by atoms with Gasteiger partial charge in [0.25, 0.3) is 5.56 Å². The summed E-state index contributed by atoms with van der Waals surface area (Å²) in [5.74, 6) is 0.319. The Hall–Kier alpha value is -1.32. The van der Waals surface area contributed by atoms with Crippen LogP contribution in [0.2, 0.25) is 0 Å². The van der Waals surface area contributed by atoms with Gasteiger partial charge >= 0.3 is 0 Å². The van der Waals surface area contributed by atoms with Crippen molar-refractivity contribution in [2.45, 2.75) is 63.6 Å². The summed E-state index contributed by atoms with van der Waals surface area (Å²) in [4.78, 5) is 20.2. The van der Waals surface area contributed by atoms with Crippen LogP contribution >= 0.6 is 23.1 Å². The maximum absolute atomic E-state index is 13.2. The summed E-state index contributed by atoms with van der Waals surface area (Å²) < 4.78 is 1.81. The molecular formula is C17H21N3OS2. The Morgan fingerprint density at radius 2 is 2.17 bits per heavy atom. The van der Waals surface area contributed by atoms with Crippen molar-refractivity contribution in [3.05, 3.63) is 20.8 Å². The van der Waals surface area contributed by atoms with Gasteiger partial charge in [-0.3, -0.25) is 9.36 Å². The molecule has 1 aliphatic rings. The Labute approximate surface area is 144 Å². The third-order valence-corrected chi connectivity index (χ3v) is 6.54. The average molecular weight is 348 g/mol. The fraction of sp³-hybridized carbons (Fsp3) is 0.588. The number of thioether (sulfide) groups is 1. The van der Waals surface area contributed by atoms with Crippen LogP contribution in [0.15, 0.2) is 9.95 Å². The number of hydrogen-bond donors (Lipinski definition) is 0. The molecule has 0 radical (unpaired) electrons. The van der Waals surface area contributed by atoms with Gasteiger partial charge in [-0.25, -0.2) is 4.98 Å². The van der Waals surface area contributed by atoms with Crippen molar-refractivity contribution in [2.24, 2.45) is 0 Å². The van der Waals surface area contributed by atoms with Crippen molar-refractivity contribution in [1.29, 1.82) is 5.26 Å². The summed E-state index contributed by atoms with van der Waals surface area (Å²) in [6.07, 6.45) is 6.55. The fourth-order valence-electron chi connectivity index (χ4n) is 3.15. The Kier molecular flexibility index (Phi) is 5.08. The molecule has 0 aliphatic heterocycles. The molecule has 1 atom stereocenters. The molecule has 3 rings (SSSR count). The summed E-state index contributed by atoms with van der Waals surface area (Å²) in [5, 5.41) is 10.4. The van der Waals surface area contributed by atoms with Crippen LogP contribution in [0.5, 0.6) is 0 Å². The van der Waals surface area contributed by atoms with E-state index in [0.717, 1.165) is 35.9 Å². The first-order chi connectivity index (χ1) is 11.2. The minimum Gasteiger partial charge on any atom is -0.284 e. The Balaban J connectivity index is 2.24. The van der Waals surface area contributed by atoms with Crippen LogP contribution < -0.4 is 5.56 Å². The number of hydrogen-bond acceptors (Lipinski definition) is 5. The molecule has 0 amide bonds. The first kappa shape index (κ1) is 16.5. The molecule has 2 aromatic heterocycles. The van der Waals surface area contributed by atoms with E-state index in [1.54, 1.807) is 11.3 Å². The zero-order valence-electron chi connectivity index (χ0n) is 13.6. The highest BCUT2D eigenvalue weighted by Gasteiger charge is 2.22. The molecule has 122 valence electrons. The number of fused-ring (bicyclic) bond motifs is 3. The fourth-order valence-corrected chi connectivity index (χ4v) is 5.21. The molecular weight excluding hydrogens is 326 g/mol. The molecule has 0 spiro atoms. The van der Waals surface area contributed by atoms with E-state index in [9.17, 15) is 4.79 Å². The second kappa shape index (κ2) is 7.06. The standard InChI is InChI=1S/C17H21N3OS2/c1-3-11(2)20-16(21)14-12-7-5-4-6-8-13(12)23-15(14)19-17(20)22-10-9-18/h11H,3-8,10H2,1-2H3. The van der Waals surface area contributed by atoms with Gasteiger partial charge in [0.05, 0.1) is 17.2 Å². The zero-order chi connectivity index (χ0) is 16.4. The molecule has 0 aromatic carbocycles. The number of thiophene rings is 1. The normalized spacial score (nSPS) is 15.9. The second-order valence-corrected chi connectivity index (χ2v) is 8.04. The molecule has 2 heterocycles. The van der Waals surface area contributed by atoms with Crippen molar-refractivity contribution in [2.75, 3.05) is 5.75 Å². The zero-order valence-corrected chi connectivity index (χ0v) is 15.2. The lowest BCUT2D eigenvalue weighted by Crippen LogP contribution is -2.26. The van der Waals surface area contributed by atoms with Crippen LogP contribution in [0.25, 0.3) is 10.2 Å². The molecule has 6 heteroatoms. The van der Waals surface area contributed by atoms with Gasteiger partial charge in [-0.2, -0.15) is 5.26 Å². The average Bonchev–Trinajstić information content (AvgIpc) is 2.74. The SMILES string of the molecule is CCC(C)n1c(SCC#N)nc2sc3c(c2c1=O)CCCCC3. The largest absolute Gasteiger partial charge is 0.284 e. The Bertz CT molecular complexity index is 816. The molecule has 0 N–H and O–H groups in total. The molecule has 1 aliphatic carbocycles. The summed E-state index contributed by atoms with van der Waals surface area (Å²) in [6, 6.07) is 2.24. The van der Waals surface area contributed by atoms with Crippen molar-refractivity contribution < 1.29 is 0 Å². The van der Waals surface area contributed by atoms with Gasteiger partial charge in [0.15, 0.2) is 5.16 Å². The minimum absolute atomic E-state index is 0.0872. The summed E-state index contributed by atoms with van der Waals surface area (Å²) in [6.45, 7) is 4.13. The molecule has 0 saturated heterocycles. The molecule has 23 heavy (non-hydrogen) atoms. The molecule has 0 bridgehead atoms. The van der Waals surface area contributed by atoms with E-state index in [-0.39, 0.29) is 11.6 Å². The predicted molar refractivity (Wildman–Crippen MR) is 96.5 cm³/mol. The van der Waals surface area contributed by atoms with E-state index in [4.69, 9.17) is 10.2 Å². The van der Waals surface area contributed by atoms with Gasteiger partial charge in [0.1, 0.15) is 4.83 Å². The number of nitrogens with zero attached hydrogens (tertiary/aromatic N) is 3. The van der Waals surface area contributed by atoms with Crippen molar-refractivity contribution in [1.82, 2.24) is 9.55 Å². The van der Waals surface area contributed by atoms with Crippen molar-refractivity contribution >= 4 is 33.3 Å². The first-order valence-corrected chi connectivity index (χ1v) is 10.0. The van der Waals surface area contributed by atoms with E-state index in [2.05, 4.69) is 19.9 Å². The van der Waals surface area contributed by atoms with E-state index in [0.29, 0.717) is 10.9 Å². The van der Waals surface area contributed by atoms with E-state index in [1.807, 2.05) is 4.57 Å².